The molecule has 1 aromatic rings. The smallest absolute Gasteiger partial charge is 0.323 e. The Hall–Kier alpha value is -1.81. The molecule has 0 N–H and O–H groups in total. The number of nitrogens with zero attached hydrogens (tertiary/aromatic N) is 3. The molecule has 10 heteroatoms. The molecule has 27 heavy (non-hydrogen) atoms. The quantitative estimate of drug-likeness (QED) is 0.747. The number of rotatable bonds is 2. The van der Waals surface area contributed by atoms with Gasteiger partial charge in [-0.3, -0.25) is 9.59 Å². The molecule has 0 radical (unpaired) electrons. The van der Waals surface area contributed by atoms with Gasteiger partial charge in [-0.05, 0) is 32.6 Å². The van der Waals surface area contributed by atoms with Crippen molar-refractivity contribution in [1.82, 2.24) is 10.1 Å². The van der Waals surface area contributed by atoms with Gasteiger partial charge in [0.25, 0.3) is 5.91 Å². The van der Waals surface area contributed by atoms with Crippen molar-refractivity contribution in [1.29, 1.82) is 0 Å². The van der Waals surface area contributed by atoms with Crippen LogP contribution in [0.5, 0.6) is 0 Å². The Morgan fingerprint density at radius 2 is 2.00 bits per heavy atom. The Labute approximate surface area is 156 Å². The summed E-state index contributed by atoms with van der Waals surface area (Å²) in [5, 5.41) is 3.54. The highest BCUT2D eigenvalue weighted by atomic mass is 32.2. The summed E-state index contributed by atoms with van der Waals surface area (Å²) in [5.41, 5.74) is -1.79. The number of morpholine rings is 1. The molecule has 3 heterocycles. The second-order valence-corrected chi connectivity index (χ2v) is 10.2. The van der Waals surface area contributed by atoms with E-state index >= 15 is 0 Å². The van der Waals surface area contributed by atoms with Gasteiger partial charge in [-0.25, -0.2) is 8.60 Å². The van der Waals surface area contributed by atoms with Crippen molar-refractivity contribution in [3.05, 3.63) is 17.5 Å². The number of aromatic nitrogens is 1. The summed E-state index contributed by atoms with van der Waals surface area (Å²) in [7, 11) is -2.73. The highest BCUT2D eigenvalue weighted by Gasteiger charge is 2.54. The molecule has 1 aliphatic carbocycles. The summed E-state index contributed by atoms with van der Waals surface area (Å²) in [4.78, 5) is 26.1. The minimum Gasteiger partial charge on any atom is -0.371 e. The third kappa shape index (κ3) is 3.52. The molecule has 1 aromatic heterocycles. The number of halogens is 1. The lowest BCUT2D eigenvalue weighted by molar-refractivity contribution is -0.158. The summed E-state index contributed by atoms with van der Waals surface area (Å²) in [6.45, 7) is 2.66. The molecular weight excluding hydrogens is 377 g/mol. The van der Waals surface area contributed by atoms with Crippen LogP contribution >= 0.6 is 0 Å². The van der Waals surface area contributed by atoms with Crippen LogP contribution in [0.4, 0.5) is 4.39 Å². The van der Waals surface area contributed by atoms with Gasteiger partial charge in [-0.2, -0.15) is 4.36 Å². The van der Waals surface area contributed by atoms with Gasteiger partial charge in [0.15, 0.2) is 5.67 Å². The van der Waals surface area contributed by atoms with Crippen LogP contribution in [0.1, 0.15) is 41.8 Å². The van der Waals surface area contributed by atoms with E-state index in [2.05, 4.69) is 9.52 Å². The van der Waals surface area contributed by atoms with Gasteiger partial charge in [-0.1, -0.05) is 5.16 Å². The first-order chi connectivity index (χ1) is 12.7. The lowest BCUT2D eigenvalue weighted by atomic mass is 9.94. The highest BCUT2D eigenvalue weighted by Crippen LogP contribution is 2.42. The number of carbonyl (C=O) groups excluding carboxylic acids is 2. The fourth-order valence-corrected chi connectivity index (χ4v) is 5.78. The molecule has 2 aliphatic heterocycles. The SMILES string of the molecule is Cc1cnoc1C(=O)N=S1(=O)CCC2(CC1)CN(C(=O)C1(F)CC1)CCO2. The molecule has 0 aromatic carbocycles. The van der Waals surface area contributed by atoms with E-state index in [-0.39, 0.29) is 30.1 Å². The Morgan fingerprint density at radius 1 is 1.30 bits per heavy atom. The maximum atomic E-state index is 14.1. The normalized spacial score (nSPS) is 32.3. The van der Waals surface area contributed by atoms with Crippen LogP contribution in [-0.4, -0.2) is 68.6 Å². The first-order valence-electron chi connectivity index (χ1n) is 9.05. The third-order valence-corrected chi connectivity index (χ3v) is 7.74. The van der Waals surface area contributed by atoms with E-state index in [1.807, 2.05) is 0 Å². The van der Waals surface area contributed by atoms with Crippen molar-refractivity contribution in [2.75, 3.05) is 31.2 Å². The maximum Gasteiger partial charge on any atom is 0.323 e. The Morgan fingerprint density at radius 3 is 2.59 bits per heavy atom. The Kier molecular flexibility index (Phi) is 4.38. The number of amides is 2. The van der Waals surface area contributed by atoms with E-state index in [4.69, 9.17) is 9.26 Å². The average molecular weight is 399 g/mol. The first kappa shape index (κ1) is 18.5. The summed E-state index contributed by atoms with van der Waals surface area (Å²) in [5.74, 6) is -0.748. The summed E-state index contributed by atoms with van der Waals surface area (Å²) in [6.07, 6.45) is 2.78. The molecule has 8 nitrogen and oxygen atoms in total. The van der Waals surface area contributed by atoms with Crippen LogP contribution in [0.15, 0.2) is 15.1 Å². The third-order valence-electron chi connectivity index (χ3n) is 5.55. The number of alkyl halides is 1. The number of hydrogen-bond acceptors (Lipinski definition) is 6. The number of ether oxygens (including phenoxy) is 1. The van der Waals surface area contributed by atoms with E-state index < -0.39 is 32.8 Å². The second kappa shape index (κ2) is 6.37. The van der Waals surface area contributed by atoms with Gasteiger partial charge in [0.05, 0.1) is 28.1 Å². The van der Waals surface area contributed by atoms with Gasteiger partial charge in [0.1, 0.15) is 0 Å². The predicted octanol–water partition coefficient (Wildman–Crippen LogP) is 1.48. The van der Waals surface area contributed by atoms with Crippen LogP contribution in [0.25, 0.3) is 0 Å². The van der Waals surface area contributed by atoms with Crippen LogP contribution in [0.2, 0.25) is 0 Å². The van der Waals surface area contributed by atoms with Gasteiger partial charge in [-0.15, -0.1) is 0 Å². The minimum absolute atomic E-state index is 0.00128. The monoisotopic (exact) mass is 399 g/mol. The Bertz CT molecular complexity index is 886. The second-order valence-electron chi connectivity index (χ2n) is 7.64. The highest BCUT2D eigenvalue weighted by molar-refractivity contribution is 7.93. The zero-order valence-electron chi connectivity index (χ0n) is 15.1. The zero-order valence-corrected chi connectivity index (χ0v) is 15.9. The van der Waals surface area contributed by atoms with Gasteiger partial charge in [0.2, 0.25) is 5.76 Å². The number of carbonyl (C=O) groups is 2. The molecule has 0 bridgehead atoms. The molecule has 3 aliphatic rings. The molecule has 1 saturated carbocycles. The molecule has 4 rings (SSSR count). The largest absolute Gasteiger partial charge is 0.371 e. The van der Waals surface area contributed by atoms with Gasteiger partial charge >= 0.3 is 5.91 Å². The molecule has 0 atom stereocenters. The molecule has 2 saturated heterocycles. The lowest BCUT2D eigenvalue weighted by Crippen LogP contribution is -2.58. The van der Waals surface area contributed by atoms with Crippen molar-refractivity contribution in [3.8, 4) is 0 Å². The van der Waals surface area contributed by atoms with Crippen molar-refractivity contribution < 1.29 is 27.4 Å². The molecule has 3 fully saturated rings. The Balaban J connectivity index is 1.45. The lowest BCUT2D eigenvalue weighted by Gasteiger charge is -2.45. The minimum atomic E-state index is -2.73. The van der Waals surface area contributed by atoms with E-state index in [1.54, 1.807) is 6.92 Å². The van der Waals surface area contributed by atoms with Gasteiger partial charge < -0.3 is 14.2 Å². The number of aryl methyl sites for hydroxylation is 1. The van der Waals surface area contributed by atoms with E-state index in [9.17, 15) is 18.2 Å². The summed E-state index contributed by atoms with van der Waals surface area (Å²) >= 11 is 0. The van der Waals surface area contributed by atoms with Crippen molar-refractivity contribution in [2.45, 2.75) is 43.9 Å². The maximum absolute atomic E-state index is 14.1. The van der Waals surface area contributed by atoms with Crippen molar-refractivity contribution in [2.24, 2.45) is 4.36 Å². The zero-order chi connectivity index (χ0) is 19.3. The molecule has 0 unspecified atom stereocenters. The molecule has 1 spiro atoms. The van der Waals surface area contributed by atoms with Crippen molar-refractivity contribution in [3.63, 3.8) is 0 Å². The van der Waals surface area contributed by atoms with E-state index in [0.717, 1.165) is 0 Å². The molecule has 2 amide bonds. The van der Waals surface area contributed by atoms with E-state index in [1.165, 1.54) is 11.1 Å². The van der Waals surface area contributed by atoms with Crippen LogP contribution in [0, 0.1) is 6.92 Å². The standard InChI is InChI=1S/C17H22FN3O5S/c1-12-10-19-26-13(12)14(22)20-27(24)8-4-16(5-9-27)11-21(6-7-25-16)15(23)17(18)2-3-17/h10H,2-9,11H2,1H3. The van der Waals surface area contributed by atoms with Crippen molar-refractivity contribution >= 4 is 21.5 Å². The van der Waals surface area contributed by atoms with E-state index in [0.29, 0.717) is 38.1 Å². The molecule has 148 valence electrons. The summed E-state index contributed by atoms with van der Waals surface area (Å²) < 4.78 is 41.8. The fraction of sp³-hybridized carbons (Fsp3) is 0.706. The number of hydrogen-bond donors (Lipinski definition) is 0. The average Bonchev–Trinajstić information content (AvgIpc) is 3.25. The van der Waals surface area contributed by atoms with Crippen LogP contribution < -0.4 is 0 Å². The predicted molar refractivity (Wildman–Crippen MR) is 93.4 cm³/mol. The van der Waals surface area contributed by atoms with Gasteiger partial charge in [0, 0.05) is 30.2 Å². The van der Waals surface area contributed by atoms with Crippen LogP contribution in [0.3, 0.4) is 0 Å². The topological polar surface area (TPSA) is 102 Å². The van der Waals surface area contributed by atoms with Crippen LogP contribution in [-0.2, 0) is 19.3 Å². The fourth-order valence-electron chi connectivity index (χ4n) is 3.63. The molecular formula is C17H22FN3O5S. The first-order valence-corrected chi connectivity index (χ1v) is 10.9. The summed E-state index contributed by atoms with van der Waals surface area (Å²) in [6, 6.07) is 0.